The maximum Gasteiger partial charge on any atom is 0.459 e. The van der Waals surface area contributed by atoms with E-state index in [9.17, 15) is 24.1 Å². The minimum atomic E-state index is -4.23. The Morgan fingerprint density at radius 1 is 1.19 bits per heavy atom. The predicted molar refractivity (Wildman–Crippen MR) is 155 cm³/mol. The van der Waals surface area contributed by atoms with Crippen molar-refractivity contribution in [3.63, 3.8) is 0 Å². The lowest BCUT2D eigenvalue weighted by atomic mass is 9.96. The standard InChI is InChI=1S/C28H39ClN3O9P/c1-3-4-5-6-7-8-17-38-25(35)19(2)31-42(37,41-21-11-9-20(29)10-12-21)39-18-22-24(34)28(14-15-28)26(40-22)32-16-13-23(33)30-27(32)36/h9-13,16,19,22,24,26,34H,3-8,14-15,17-18H2,1-2H3,(H,31,37)(H,30,33,36)/t19-,22+,24+,26+,42?/m0/s1. The van der Waals surface area contributed by atoms with E-state index >= 15 is 0 Å². The average Bonchev–Trinajstić information content (AvgIpc) is 3.71. The van der Waals surface area contributed by atoms with Crippen LogP contribution in [0.2, 0.25) is 5.02 Å². The van der Waals surface area contributed by atoms with Gasteiger partial charge in [-0.25, -0.2) is 9.36 Å². The zero-order valence-electron chi connectivity index (χ0n) is 23.8. The first-order valence-electron chi connectivity index (χ1n) is 14.4. The van der Waals surface area contributed by atoms with Crippen LogP contribution in [-0.4, -0.2) is 52.1 Å². The van der Waals surface area contributed by atoms with Gasteiger partial charge in [0.05, 0.1) is 19.3 Å². The fraction of sp³-hybridized carbons (Fsp3) is 0.607. The van der Waals surface area contributed by atoms with Crippen molar-refractivity contribution in [1.29, 1.82) is 0 Å². The van der Waals surface area contributed by atoms with Crippen LogP contribution in [0.1, 0.15) is 71.4 Å². The van der Waals surface area contributed by atoms with Crippen LogP contribution in [0.3, 0.4) is 0 Å². The number of nitrogens with zero attached hydrogens (tertiary/aromatic N) is 1. The highest BCUT2D eigenvalue weighted by molar-refractivity contribution is 7.52. The highest BCUT2D eigenvalue weighted by Crippen LogP contribution is 2.62. The highest BCUT2D eigenvalue weighted by Gasteiger charge is 2.64. The predicted octanol–water partition coefficient (Wildman–Crippen LogP) is 4.31. The van der Waals surface area contributed by atoms with E-state index < -0.39 is 54.9 Å². The normalized spacial score (nSPS) is 22.9. The van der Waals surface area contributed by atoms with Crippen LogP contribution in [0, 0.1) is 5.41 Å². The Morgan fingerprint density at radius 3 is 2.55 bits per heavy atom. The number of carbonyl (C=O) groups excluding carboxylic acids is 1. The van der Waals surface area contributed by atoms with Gasteiger partial charge in [-0.15, -0.1) is 0 Å². The maximum absolute atomic E-state index is 13.9. The molecule has 2 aliphatic rings. The van der Waals surface area contributed by atoms with Gasteiger partial charge in [-0.1, -0.05) is 50.6 Å². The summed E-state index contributed by atoms with van der Waals surface area (Å²) in [6, 6.07) is 6.25. The van der Waals surface area contributed by atoms with Crippen molar-refractivity contribution in [3.05, 3.63) is 62.4 Å². The molecule has 1 aliphatic heterocycles. The Balaban J connectivity index is 1.41. The molecule has 2 fully saturated rings. The molecule has 1 saturated carbocycles. The highest BCUT2D eigenvalue weighted by atomic mass is 35.5. The monoisotopic (exact) mass is 627 g/mol. The summed E-state index contributed by atoms with van der Waals surface area (Å²) in [5.74, 6) is -0.439. The van der Waals surface area contributed by atoms with Crippen molar-refractivity contribution in [3.8, 4) is 5.75 Å². The minimum Gasteiger partial charge on any atom is -0.465 e. The molecule has 5 atom stereocenters. The molecule has 232 valence electrons. The largest absolute Gasteiger partial charge is 0.465 e. The summed E-state index contributed by atoms with van der Waals surface area (Å²) >= 11 is 5.96. The van der Waals surface area contributed by atoms with E-state index in [4.69, 9.17) is 30.1 Å². The molecule has 2 heterocycles. The van der Waals surface area contributed by atoms with Gasteiger partial charge >= 0.3 is 19.4 Å². The average molecular weight is 628 g/mol. The van der Waals surface area contributed by atoms with E-state index in [1.54, 1.807) is 12.1 Å². The number of H-pyrrole nitrogens is 1. The molecule has 42 heavy (non-hydrogen) atoms. The Hall–Kier alpha value is -2.47. The summed E-state index contributed by atoms with van der Waals surface area (Å²) in [6.45, 7) is 3.50. The zero-order chi connectivity index (χ0) is 30.3. The third-order valence-corrected chi connectivity index (χ3v) is 9.46. The number of benzene rings is 1. The summed E-state index contributed by atoms with van der Waals surface area (Å²) in [5, 5.41) is 14.2. The Kier molecular flexibility index (Phi) is 11.1. The first kappa shape index (κ1) is 32.4. The summed E-state index contributed by atoms with van der Waals surface area (Å²) in [6.07, 6.45) is 5.84. The molecule has 2 aromatic rings. The first-order valence-corrected chi connectivity index (χ1v) is 16.3. The van der Waals surface area contributed by atoms with E-state index in [1.807, 2.05) is 0 Å². The van der Waals surface area contributed by atoms with E-state index in [2.05, 4.69) is 17.0 Å². The molecular weight excluding hydrogens is 589 g/mol. The lowest BCUT2D eigenvalue weighted by Crippen LogP contribution is -2.37. The number of unbranched alkanes of at least 4 members (excludes halogenated alkanes) is 5. The number of hydrogen-bond donors (Lipinski definition) is 3. The van der Waals surface area contributed by atoms with Crippen LogP contribution in [0.15, 0.2) is 46.1 Å². The molecule has 3 N–H and O–H groups in total. The summed E-state index contributed by atoms with van der Waals surface area (Å²) < 4.78 is 37.9. The fourth-order valence-corrected chi connectivity index (χ4v) is 6.66. The second-order valence-electron chi connectivity index (χ2n) is 10.8. The first-order chi connectivity index (χ1) is 20.1. The lowest BCUT2D eigenvalue weighted by molar-refractivity contribution is -0.145. The molecule has 4 rings (SSSR count). The van der Waals surface area contributed by atoms with Crippen molar-refractivity contribution in [2.75, 3.05) is 13.2 Å². The molecular formula is C28H39ClN3O9P. The number of hydrogen-bond acceptors (Lipinski definition) is 9. The van der Waals surface area contributed by atoms with Gasteiger partial charge < -0.3 is 19.1 Å². The van der Waals surface area contributed by atoms with Crippen molar-refractivity contribution in [2.45, 2.75) is 89.7 Å². The van der Waals surface area contributed by atoms with Gasteiger partial charge in [0.1, 0.15) is 24.1 Å². The quantitative estimate of drug-likeness (QED) is 0.139. The van der Waals surface area contributed by atoms with Gasteiger partial charge in [-0.3, -0.25) is 23.7 Å². The molecule has 1 aliphatic carbocycles. The van der Waals surface area contributed by atoms with Gasteiger partial charge in [0, 0.05) is 22.7 Å². The molecule has 0 bridgehead atoms. The molecule has 1 aromatic heterocycles. The van der Waals surface area contributed by atoms with E-state index in [1.165, 1.54) is 42.3 Å². The smallest absolute Gasteiger partial charge is 0.459 e. The van der Waals surface area contributed by atoms with Crippen LogP contribution in [0.25, 0.3) is 0 Å². The molecule has 1 spiro atoms. The fourth-order valence-electron chi connectivity index (χ4n) is 5.03. The SMILES string of the molecule is CCCCCCCCOC(=O)[C@H](C)NP(=O)(OC[C@H]1O[C@@H](n2ccc(=O)[nH]c2=O)C2(CC2)[C@@H]1O)Oc1ccc(Cl)cc1. The van der Waals surface area contributed by atoms with Crippen molar-refractivity contribution >= 4 is 25.3 Å². The Morgan fingerprint density at radius 2 is 1.88 bits per heavy atom. The third kappa shape index (κ3) is 8.12. The van der Waals surface area contributed by atoms with E-state index in [-0.39, 0.29) is 19.0 Å². The number of aliphatic hydroxyl groups is 1. The lowest BCUT2D eigenvalue weighted by Gasteiger charge is -2.24. The number of aromatic amines is 1. The van der Waals surface area contributed by atoms with E-state index in [0.29, 0.717) is 17.9 Å². The van der Waals surface area contributed by atoms with Gasteiger partial charge in [0.25, 0.3) is 5.56 Å². The van der Waals surface area contributed by atoms with Crippen molar-refractivity contribution < 1.29 is 33.0 Å². The molecule has 1 unspecified atom stereocenters. The summed E-state index contributed by atoms with van der Waals surface area (Å²) in [7, 11) is -4.23. The van der Waals surface area contributed by atoms with Crippen molar-refractivity contribution in [1.82, 2.24) is 14.6 Å². The molecule has 1 aromatic carbocycles. The second-order valence-corrected chi connectivity index (χ2v) is 13.0. The Bertz CT molecular complexity index is 1360. The van der Waals surface area contributed by atoms with Crippen LogP contribution in [0.5, 0.6) is 5.75 Å². The number of rotatable bonds is 16. The third-order valence-electron chi connectivity index (χ3n) is 7.56. The summed E-state index contributed by atoms with van der Waals surface area (Å²) in [5.41, 5.74) is -1.97. The number of esters is 1. The molecule has 1 saturated heterocycles. The topological polar surface area (TPSA) is 158 Å². The molecule has 12 nitrogen and oxygen atoms in total. The number of ether oxygens (including phenoxy) is 2. The number of nitrogens with one attached hydrogen (secondary N) is 2. The molecule has 0 radical (unpaired) electrons. The van der Waals surface area contributed by atoms with Crippen LogP contribution in [0.4, 0.5) is 0 Å². The number of carbonyl (C=O) groups is 1. The van der Waals surface area contributed by atoms with Gasteiger partial charge in [0.2, 0.25) is 0 Å². The Labute approximate surface area is 249 Å². The van der Waals surface area contributed by atoms with Gasteiger partial charge in [-0.2, -0.15) is 5.09 Å². The number of halogens is 1. The molecule has 0 amide bonds. The summed E-state index contributed by atoms with van der Waals surface area (Å²) in [4.78, 5) is 38.8. The van der Waals surface area contributed by atoms with Gasteiger partial charge in [0.15, 0.2) is 0 Å². The molecule has 14 heteroatoms. The zero-order valence-corrected chi connectivity index (χ0v) is 25.5. The van der Waals surface area contributed by atoms with Crippen LogP contribution < -0.4 is 20.9 Å². The number of aliphatic hydroxyl groups excluding tert-OH is 1. The minimum absolute atomic E-state index is 0.173. The van der Waals surface area contributed by atoms with E-state index in [0.717, 1.165) is 32.1 Å². The van der Waals surface area contributed by atoms with Crippen LogP contribution in [-0.2, 0) is 23.4 Å². The van der Waals surface area contributed by atoms with Gasteiger partial charge in [-0.05, 0) is 50.5 Å². The second kappa shape index (κ2) is 14.3. The number of aromatic nitrogens is 2. The van der Waals surface area contributed by atoms with Crippen LogP contribution >= 0.6 is 19.3 Å². The van der Waals surface area contributed by atoms with Crippen molar-refractivity contribution in [2.24, 2.45) is 5.41 Å². The maximum atomic E-state index is 13.9.